The molecule has 1 atom stereocenters. The highest BCUT2D eigenvalue weighted by Gasteiger charge is 2.36. The third-order valence-electron chi connectivity index (χ3n) is 4.83. The molecule has 2 aromatic rings. The second kappa shape index (κ2) is 6.85. The molecule has 0 spiro atoms. The molecule has 0 radical (unpaired) electrons. The number of hydrogen-bond acceptors (Lipinski definition) is 7. The fourth-order valence-electron chi connectivity index (χ4n) is 3.54. The number of nitrogens with zero attached hydrogens (tertiary/aromatic N) is 3. The van der Waals surface area contributed by atoms with Gasteiger partial charge in [-0.1, -0.05) is 6.92 Å². The highest BCUT2D eigenvalue weighted by Crippen LogP contribution is 2.44. The Kier molecular flexibility index (Phi) is 4.90. The molecule has 1 aromatic carbocycles. The van der Waals surface area contributed by atoms with E-state index in [1.165, 1.54) is 16.4 Å². The predicted molar refractivity (Wildman–Crippen MR) is 100 cm³/mol. The molecule has 0 amide bonds. The second-order valence-corrected chi connectivity index (χ2v) is 8.42. The lowest BCUT2D eigenvalue weighted by Crippen LogP contribution is -2.46. The lowest BCUT2D eigenvalue weighted by molar-refractivity contribution is -0.757. The van der Waals surface area contributed by atoms with Crippen molar-refractivity contribution in [2.75, 3.05) is 11.7 Å². The van der Waals surface area contributed by atoms with Gasteiger partial charge in [-0.25, -0.2) is 4.98 Å². The predicted octanol–water partition coefficient (Wildman–Crippen LogP) is 4.35. The third kappa shape index (κ3) is 3.52. The van der Waals surface area contributed by atoms with E-state index in [4.69, 9.17) is 0 Å². The minimum atomic E-state index is -0.774. The van der Waals surface area contributed by atoms with E-state index in [9.17, 15) is 15.3 Å². The molecule has 0 bridgehead atoms. The third-order valence-corrected chi connectivity index (χ3v) is 6.10. The first kappa shape index (κ1) is 18.6. The van der Waals surface area contributed by atoms with Crippen LogP contribution in [0.15, 0.2) is 18.2 Å². The van der Waals surface area contributed by atoms with Gasteiger partial charge in [-0.2, -0.15) is 0 Å². The topological polar surface area (TPSA) is 88.7 Å². The molecule has 0 saturated heterocycles. The minimum absolute atomic E-state index is 0.0330. The molecule has 1 N–H and O–H groups in total. The summed E-state index contributed by atoms with van der Waals surface area (Å²) in [6.07, 6.45) is 1.32. The van der Waals surface area contributed by atoms with Crippen molar-refractivity contribution in [2.24, 2.45) is 0 Å². The molecule has 26 heavy (non-hydrogen) atoms. The van der Waals surface area contributed by atoms with Crippen molar-refractivity contribution < 1.29 is 15.1 Å². The van der Waals surface area contributed by atoms with Crippen LogP contribution in [-0.2, 0) is 11.3 Å². The van der Waals surface area contributed by atoms with Gasteiger partial charge in [0, 0.05) is 16.9 Å². The van der Waals surface area contributed by atoms with Crippen molar-refractivity contribution in [3.63, 3.8) is 0 Å². The standard InChI is InChI=1S/C18H23N3O4S/c1-11-10-18(3,4)20(22)15-6-5-13(9-14(11)15)17-19-12(2)16(26-17)7-8-25-21(23)24/h5-6,9,11,22H,7-8,10H2,1-4H3. The summed E-state index contributed by atoms with van der Waals surface area (Å²) < 4.78 is 0. The van der Waals surface area contributed by atoms with Crippen LogP contribution in [0.4, 0.5) is 5.69 Å². The van der Waals surface area contributed by atoms with E-state index < -0.39 is 5.09 Å². The van der Waals surface area contributed by atoms with Gasteiger partial charge in [0.25, 0.3) is 5.09 Å². The van der Waals surface area contributed by atoms with Gasteiger partial charge in [0.1, 0.15) is 11.6 Å². The Hall–Kier alpha value is -2.19. The number of aryl methyl sites for hydroxylation is 1. The maximum atomic E-state index is 10.5. The largest absolute Gasteiger partial charge is 0.314 e. The number of rotatable bonds is 5. The summed E-state index contributed by atoms with van der Waals surface area (Å²) in [4.78, 5) is 20.3. The van der Waals surface area contributed by atoms with Crippen LogP contribution in [0, 0.1) is 17.0 Å². The van der Waals surface area contributed by atoms with Crippen molar-refractivity contribution in [1.29, 1.82) is 0 Å². The van der Waals surface area contributed by atoms with Gasteiger partial charge in [0.15, 0.2) is 0 Å². The Balaban J connectivity index is 1.87. The summed E-state index contributed by atoms with van der Waals surface area (Å²) in [6, 6.07) is 5.99. The lowest BCUT2D eigenvalue weighted by atomic mass is 9.81. The van der Waals surface area contributed by atoms with Crippen molar-refractivity contribution in [3.8, 4) is 10.6 Å². The van der Waals surface area contributed by atoms with Crippen LogP contribution in [0.1, 0.15) is 49.2 Å². The molecule has 8 heteroatoms. The Morgan fingerprint density at radius 2 is 2.23 bits per heavy atom. The van der Waals surface area contributed by atoms with Crippen molar-refractivity contribution >= 4 is 17.0 Å². The maximum Gasteiger partial charge on any atom is 0.294 e. The van der Waals surface area contributed by atoms with Gasteiger partial charge in [0.2, 0.25) is 0 Å². The summed E-state index contributed by atoms with van der Waals surface area (Å²) in [7, 11) is 0. The summed E-state index contributed by atoms with van der Waals surface area (Å²) in [5.41, 5.74) is 3.52. The summed E-state index contributed by atoms with van der Waals surface area (Å²) in [5, 5.41) is 22.3. The van der Waals surface area contributed by atoms with Gasteiger partial charge in [-0.15, -0.1) is 21.5 Å². The van der Waals surface area contributed by atoms with Gasteiger partial charge in [-0.05, 0) is 56.9 Å². The number of hydroxylamine groups is 1. The number of hydrogen-bond donors (Lipinski definition) is 1. The molecule has 2 heterocycles. The Bertz CT molecular complexity index is 834. The first-order valence-electron chi connectivity index (χ1n) is 8.56. The minimum Gasteiger partial charge on any atom is -0.314 e. The van der Waals surface area contributed by atoms with Crippen LogP contribution in [-0.4, -0.2) is 27.4 Å². The molecule has 0 fully saturated rings. The molecular formula is C18H23N3O4S. The van der Waals surface area contributed by atoms with Crippen LogP contribution < -0.4 is 5.06 Å². The molecular weight excluding hydrogens is 354 g/mol. The average molecular weight is 377 g/mol. The Morgan fingerprint density at radius 3 is 2.92 bits per heavy atom. The van der Waals surface area contributed by atoms with Gasteiger partial charge in [-0.3, -0.25) is 10.3 Å². The van der Waals surface area contributed by atoms with E-state index in [1.807, 2.05) is 32.9 Å². The average Bonchev–Trinajstić information content (AvgIpc) is 2.93. The molecule has 7 nitrogen and oxygen atoms in total. The zero-order chi connectivity index (χ0) is 19.1. The normalized spacial score (nSPS) is 18.5. The summed E-state index contributed by atoms with van der Waals surface area (Å²) >= 11 is 1.53. The first-order chi connectivity index (χ1) is 12.2. The van der Waals surface area contributed by atoms with E-state index in [-0.39, 0.29) is 12.1 Å². The van der Waals surface area contributed by atoms with Gasteiger partial charge >= 0.3 is 0 Å². The zero-order valence-corrected chi connectivity index (χ0v) is 16.2. The van der Waals surface area contributed by atoms with Crippen LogP contribution >= 0.6 is 11.3 Å². The number of anilines is 1. The van der Waals surface area contributed by atoms with Crippen LogP contribution in [0.3, 0.4) is 0 Å². The smallest absolute Gasteiger partial charge is 0.294 e. The molecule has 3 rings (SSSR count). The monoisotopic (exact) mass is 377 g/mol. The van der Waals surface area contributed by atoms with E-state index in [1.54, 1.807) is 0 Å². The molecule has 1 unspecified atom stereocenters. The fraction of sp³-hybridized carbons (Fsp3) is 0.500. The number of benzene rings is 1. The number of thiazole rings is 1. The van der Waals surface area contributed by atoms with Crippen LogP contribution in [0.25, 0.3) is 10.6 Å². The molecule has 1 aliphatic rings. The maximum absolute atomic E-state index is 10.5. The molecule has 1 aromatic heterocycles. The van der Waals surface area contributed by atoms with Crippen molar-refractivity contribution in [2.45, 2.75) is 52.0 Å². The van der Waals surface area contributed by atoms with E-state index in [0.717, 1.165) is 38.8 Å². The van der Waals surface area contributed by atoms with Crippen LogP contribution in [0.2, 0.25) is 0 Å². The van der Waals surface area contributed by atoms with Crippen molar-refractivity contribution in [3.05, 3.63) is 44.4 Å². The Morgan fingerprint density at radius 1 is 1.50 bits per heavy atom. The number of fused-ring (bicyclic) bond motifs is 1. The quantitative estimate of drug-likeness (QED) is 0.615. The Labute approximate surface area is 156 Å². The SMILES string of the molecule is Cc1nc(-c2ccc3c(c2)C(C)CC(C)(C)N3O)sc1CCO[N+](=O)[O-]. The zero-order valence-electron chi connectivity index (χ0n) is 15.4. The first-order valence-corrected chi connectivity index (χ1v) is 9.37. The molecule has 0 saturated carbocycles. The fourth-order valence-corrected chi connectivity index (χ4v) is 4.58. The van der Waals surface area contributed by atoms with Crippen LogP contribution in [0.5, 0.6) is 0 Å². The van der Waals surface area contributed by atoms with Gasteiger partial charge in [0.05, 0.1) is 16.9 Å². The van der Waals surface area contributed by atoms with E-state index in [0.29, 0.717) is 12.3 Å². The van der Waals surface area contributed by atoms with Crippen molar-refractivity contribution in [1.82, 2.24) is 4.98 Å². The van der Waals surface area contributed by atoms with Gasteiger partial charge < -0.3 is 4.84 Å². The molecule has 1 aliphatic heterocycles. The van der Waals surface area contributed by atoms with E-state index >= 15 is 0 Å². The highest BCUT2D eigenvalue weighted by atomic mass is 32.1. The highest BCUT2D eigenvalue weighted by molar-refractivity contribution is 7.15. The lowest BCUT2D eigenvalue weighted by Gasteiger charge is -2.43. The molecule has 0 aliphatic carbocycles. The van der Waals surface area contributed by atoms with E-state index in [2.05, 4.69) is 22.8 Å². The molecule has 140 valence electrons. The summed E-state index contributed by atoms with van der Waals surface area (Å²) in [6.45, 7) is 8.17. The summed E-state index contributed by atoms with van der Waals surface area (Å²) in [5.74, 6) is 0.331. The second-order valence-electron chi connectivity index (χ2n) is 7.34. The number of aromatic nitrogens is 1.